The number of nitrogens with one attached hydrogen (secondary N) is 2. The molecular weight excluding hydrogens is 282 g/mol. The summed E-state index contributed by atoms with van der Waals surface area (Å²) < 4.78 is 7.66. The van der Waals surface area contributed by atoms with E-state index in [9.17, 15) is 4.79 Å². The number of amides is 2. The Kier molecular flexibility index (Phi) is 4.22. The van der Waals surface area contributed by atoms with Crippen LogP contribution in [0.25, 0.3) is 0 Å². The number of carbonyl (C=O) groups excluding carboxylic acids is 1. The summed E-state index contributed by atoms with van der Waals surface area (Å²) in [5.74, 6) is 1.65. The van der Waals surface area contributed by atoms with Gasteiger partial charge in [0.1, 0.15) is 18.2 Å². The molecule has 116 valence electrons. The third-order valence-corrected chi connectivity index (χ3v) is 3.65. The van der Waals surface area contributed by atoms with E-state index in [4.69, 9.17) is 4.74 Å². The first-order valence-corrected chi connectivity index (χ1v) is 7.39. The van der Waals surface area contributed by atoms with Gasteiger partial charge in [-0.1, -0.05) is 18.2 Å². The molecule has 7 heteroatoms. The lowest BCUT2D eigenvalue weighted by atomic mass is 10.1. The first-order valence-electron chi connectivity index (χ1n) is 7.39. The summed E-state index contributed by atoms with van der Waals surface area (Å²) in [5.41, 5.74) is 1.19. The van der Waals surface area contributed by atoms with Gasteiger partial charge in [-0.05, 0) is 18.6 Å². The summed E-state index contributed by atoms with van der Waals surface area (Å²) in [5, 5.41) is 13.4. The van der Waals surface area contributed by atoms with Crippen molar-refractivity contribution in [1.29, 1.82) is 0 Å². The molecule has 1 aromatic carbocycles. The van der Waals surface area contributed by atoms with E-state index in [0.717, 1.165) is 24.5 Å². The first kappa shape index (κ1) is 14.4. The quantitative estimate of drug-likeness (QED) is 0.866. The van der Waals surface area contributed by atoms with Crippen molar-refractivity contribution in [2.24, 2.45) is 0 Å². The van der Waals surface area contributed by atoms with E-state index in [2.05, 4.69) is 20.8 Å². The lowest BCUT2D eigenvalue weighted by molar-refractivity contribution is 0.213. The molecule has 0 fully saturated rings. The molecule has 2 N–H and O–H groups in total. The van der Waals surface area contributed by atoms with Gasteiger partial charge in [-0.2, -0.15) is 0 Å². The molecule has 0 aliphatic carbocycles. The smallest absolute Gasteiger partial charge is 0.315 e. The standard InChI is InChI=1S/C15H19N5O2/c1-2-20-10-18-19-14(20)9-17-15(21)16-8-12-7-11-5-3-4-6-13(11)22-12/h3-6,10,12H,2,7-9H2,1H3,(H2,16,17,21). The Morgan fingerprint density at radius 1 is 1.41 bits per heavy atom. The number of urea groups is 1. The molecule has 3 rings (SSSR count). The van der Waals surface area contributed by atoms with Crippen molar-refractivity contribution in [1.82, 2.24) is 25.4 Å². The number of benzene rings is 1. The van der Waals surface area contributed by atoms with Gasteiger partial charge in [0.05, 0.1) is 13.1 Å². The topological polar surface area (TPSA) is 81.1 Å². The molecule has 1 aromatic heterocycles. The number of aromatic nitrogens is 3. The van der Waals surface area contributed by atoms with Crippen molar-refractivity contribution in [3.8, 4) is 5.75 Å². The number of aryl methyl sites for hydroxylation is 1. The number of nitrogens with zero attached hydrogens (tertiary/aromatic N) is 3. The van der Waals surface area contributed by atoms with Gasteiger partial charge < -0.3 is 19.9 Å². The van der Waals surface area contributed by atoms with E-state index >= 15 is 0 Å². The molecule has 0 saturated carbocycles. The van der Waals surface area contributed by atoms with Gasteiger partial charge in [-0.15, -0.1) is 10.2 Å². The van der Waals surface area contributed by atoms with Crippen LogP contribution in [0.1, 0.15) is 18.3 Å². The third-order valence-electron chi connectivity index (χ3n) is 3.65. The fourth-order valence-electron chi connectivity index (χ4n) is 2.48. The first-order chi connectivity index (χ1) is 10.8. The Bertz CT molecular complexity index is 630. The number of para-hydroxylation sites is 1. The third kappa shape index (κ3) is 3.19. The van der Waals surface area contributed by atoms with E-state index in [-0.39, 0.29) is 12.1 Å². The molecule has 7 nitrogen and oxygen atoms in total. The summed E-state index contributed by atoms with van der Waals surface area (Å²) in [6, 6.07) is 7.71. The van der Waals surface area contributed by atoms with Crippen LogP contribution in [-0.4, -0.2) is 33.4 Å². The summed E-state index contributed by atoms with van der Waals surface area (Å²) >= 11 is 0. The highest BCUT2D eigenvalue weighted by molar-refractivity contribution is 5.73. The second-order valence-corrected chi connectivity index (χ2v) is 5.15. The van der Waals surface area contributed by atoms with Crippen LogP contribution in [0.15, 0.2) is 30.6 Å². The summed E-state index contributed by atoms with van der Waals surface area (Å²) in [6.07, 6.45) is 2.46. The molecule has 22 heavy (non-hydrogen) atoms. The average Bonchev–Trinajstić information content (AvgIpc) is 3.16. The largest absolute Gasteiger partial charge is 0.488 e. The van der Waals surface area contributed by atoms with Gasteiger partial charge in [-0.3, -0.25) is 0 Å². The van der Waals surface area contributed by atoms with E-state index in [0.29, 0.717) is 13.1 Å². The molecule has 1 aliphatic rings. The van der Waals surface area contributed by atoms with Crippen LogP contribution in [-0.2, 0) is 19.5 Å². The van der Waals surface area contributed by atoms with Gasteiger partial charge in [-0.25, -0.2) is 4.79 Å². The highest BCUT2D eigenvalue weighted by Gasteiger charge is 2.22. The Hall–Kier alpha value is -2.57. The van der Waals surface area contributed by atoms with Gasteiger partial charge in [0, 0.05) is 13.0 Å². The molecular formula is C15H19N5O2. The predicted octanol–water partition coefficient (Wildman–Crippen LogP) is 1.10. The van der Waals surface area contributed by atoms with Crippen molar-refractivity contribution in [2.45, 2.75) is 32.5 Å². The normalized spacial score (nSPS) is 16.0. The second-order valence-electron chi connectivity index (χ2n) is 5.15. The number of hydrogen-bond acceptors (Lipinski definition) is 4. The average molecular weight is 301 g/mol. The van der Waals surface area contributed by atoms with Gasteiger partial charge in [0.2, 0.25) is 0 Å². The molecule has 0 saturated heterocycles. The minimum Gasteiger partial charge on any atom is -0.488 e. The number of ether oxygens (including phenoxy) is 1. The zero-order valence-electron chi connectivity index (χ0n) is 12.5. The second kappa shape index (κ2) is 6.46. The van der Waals surface area contributed by atoms with Crippen LogP contribution in [0.3, 0.4) is 0 Å². The van der Waals surface area contributed by atoms with Gasteiger partial charge in [0.25, 0.3) is 0 Å². The summed E-state index contributed by atoms with van der Waals surface area (Å²) in [7, 11) is 0. The van der Waals surface area contributed by atoms with Gasteiger partial charge >= 0.3 is 6.03 Å². The molecule has 2 amide bonds. The molecule has 1 unspecified atom stereocenters. The predicted molar refractivity (Wildman–Crippen MR) is 80.5 cm³/mol. The molecule has 2 heterocycles. The van der Waals surface area contributed by atoms with Crippen molar-refractivity contribution in [3.63, 3.8) is 0 Å². The van der Waals surface area contributed by atoms with Crippen LogP contribution < -0.4 is 15.4 Å². The minimum atomic E-state index is -0.231. The number of carbonyl (C=O) groups is 1. The van der Waals surface area contributed by atoms with Crippen LogP contribution >= 0.6 is 0 Å². The maximum atomic E-state index is 11.8. The Labute approximate surface area is 128 Å². The fourth-order valence-corrected chi connectivity index (χ4v) is 2.48. The Morgan fingerprint density at radius 2 is 2.27 bits per heavy atom. The lowest BCUT2D eigenvalue weighted by Crippen LogP contribution is -2.41. The maximum absolute atomic E-state index is 11.8. The van der Waals surface area contributed by atoms with Crippen molar-refractivity contribution < 1.29 is 9.53 Å². The zero-order valence-corrected chi connectivity index (χ0v) is 12.5. The maximum Gasteiger partial charge on any atom is 0.315 e. The van der Waals surface area contributed by atoms with Crippen LogP contribution in [0.5, 0.6) is 5.75 Å². The van der Waals surface area contributed by atoms with E-state index in [1.54, 1.807) is 6.33 Å². The van der Waals surface area contributed by atoms with Crippen molar-refractivity contribution in [3.05, 3.63) is 42.0 Å². The lowest BCUT2D eigenvalue weighted by Gasteiger charge is -2.12. The van der Waals surface area contributed by atoms with E-state index in [1.807, 2.05) is 35.8 Å². The number of fused-ring (bicyclic) bond motifs is 1. The minimum absolute atomic E-state index is 0.0116. The van der Waals surface area contributed by atoms with Crippen molar-refractivity contribution >= 4 is 6.03 Å². The Balaban J connectivity index is 1.42. The molecule has 1 atom stereocenters. The summed E-state index contributed by atoms with van der Waals surface area (Å²) in [4.78, 5) is 11.8. The fraction of sp³-hybridized carbons (Fsp3) is 0.400. The molecule has 0 bridgehead atoms. The van der Waals surface area contributed by atoms with Crippen LogP contribution in [0.4, 0.5) is 4.79 Å². The molecule has 1 aliphatic heterocycles. The van der Waals surface area contributed by atoms with Gasteiger partial charge in [0.15, 0.2) is 5.82 Å². The highest BCUT2D eigenvalue weighted by Crippen LogP contribution is 2.27. The van der Waals surface area contributed by atoms with E-state index in [1.165, 1.54) is 5.56 Å². The van der Waals surface area contributed by atoms with Crippen LogP contribution in [0, 0.1) is 0 Å². The Morgan fingerprint density at radius 3 is 3.09 bits per heavy atom. The van der Waals surface area contributed by atoms with Crippen LogP contribution in [0.2, 0.25) is 0 Å². The molecule has 0 radical (unpaired) electrons. The SMILES string of the molecule is CCn1cnnc1CNC(=O)NCC1Cc2ccccc2O1. The molecule has 0 spiro atoms. The van der Waals surface area contributed by atoms with Crippen molar-refractivity contribution in [2.75, 3.05) is 6.54 Å². The van der Waals surface area contributed by atoms with E-state index < -0.39 is 0 Å². The molecule has 2 aromatic rings. The zero-order chi connectivity index (χ0) is 15.4. The number of rotatable bonds is 5. The summed E-state index contributed by atoms with van der Waals surface area (Å²) in [6.45, 7) is 3.61. The monoisotopic (exact) mass is 301 g/mol. The highest BCUT2D eigenvalue weighted by atomic mass is 16.5. The number of hydrogen-bond donors (Lipinski definition) is 2.